The average molecular weight is 264 g/mol. The van der Waals surface area contributed by atoms with Gasteiger partial charge < -0.3 is 15.2 Å². The number of hydrogen-bond acceptors (Lipinski definition) is 4. The highest BCUT2D eigenvalue weighted by Gasteiger charge is 2.24. The number of nitrogens with one attached hydrogen (secondary N) is 1. The van der Waals surface area contributed by atoms with Gasteiger partial charge in [0.2, 0.25) is 0 Å². The summed E-state index contributed by atoms with van der Waals surface area (Å²) in [4.78, 5) is 2.45. The molecule has 1 aromatic carbocycles. The number of rotatable bonds is 5. The highest BCUT2D eigenvalue weighted by atomic mass is 16.5. The van der Waals surface area contributed by atoms with Crippen LogP contribution in [0.3, 0.4) is 0 Å². The molecule has 1 atom stereocenters. The number of phenols is 1. The first-order valence-electron chi connectivity index (χ1n) is 7.08. The van der Waals surface area contributed by atoms with Crippen LogP contribution in [0.25, 0.3) is 0 Å². The van der Waals surface area contributed by atoms with Crippen molar-refractivity contribution in [2.75, 3.05) is 33.3 Å². The molecule has 19 heavy (non-hydrogen) atoms. The summed E-state index contributed by atoms with van der Waals surface area (Å²) in [6, 6.07) is 5.79. The summed E-state index contributed by atoms with van der Waals surface area (Å²) < 4.78 is 5.28. The molecule has 0 saturated carbocycles. The zero-order valence-electron chi connectivity index (χ0n) is 11.9. The van der Waals surface area contributed by atoms with Gasteiger partial charge in [-0.1, -0.05) is 13.3 Å². The van der Waals surface area contributed by atoms with Crippen LogP contribution in [0.4, 0.5) is 0 Å². The maximum atomic E-state index is 10.2. The van der Waals surface area contributed by atoms with Gasteiger partial charge in [0.05, 0.1) is 7.11 Å². The number of hydrogen-bond donors (Lipinski definition) is 2. The van der Waals surface area contributed by atoms with Crippen molar-refractivity contribution < 1.29 is 9.84 Å². The molecule has 1 heterocycles. The lowest BCUT2D eigenvalue weighted by molar-refractivity contribution is 0.162. The molecule has 4 heteroatoms. The molecule has 4 nitrogen and oxygen atoms in total. The van der Waals surface area contributed by atoms with Crippen LogP contribution < -0.4 is 10.1 Å². The molecule has 2 N–H and O–H groups in total. The molecule has 1 fully saturated rings. The Labute approximate surface area is 115 Å². The lowest BCUT2D eigenvalue weighted by Crippen LogP contribution is -2.45. The molecule has 0 amide bonds. The van der Waals surface area contributed by atoms with E-state index >= 15 is 0 Å². The highest BCUT2D eigenvalue weighted by molar-refractivity contribution is 5.41. The monoisotopic (exact) mass is 264 g/mol. The second-order valence-corrected chi connectivity index (χ2v) is 5.02. The maximum Gasteiger partial charge on any atom is 0.120 e. The van der Waals surface area contributed by atoms with E-state index in [-0.39, 0.29) is 6.04 Å². The standard InChI is InChI=1S/C15H24N2O2/c1-3-4-14(17-9-7-16-8-10-17)13-11-12(19-2)5-6-15(13)18/h5-6,11,14,16,18H,3-4,7-10H2,1-2H3/t14-/m1/s1. The minimum atomic E-state index is 0.280. The minimum absolute atomic E-state index is 0.280. The second-order valence-electron chi connectivity index (χ2n) is 5.02. The van der Waals surface area contributed by atoms with E-state index in [1.54, 1.807) is 19.2 Å². The van der Waals surface area contributed by atoms with E-state index in [0.717, 1.165) is 50.3 Å². The fourth-order valence-corrected chi connectivity index (χ4v) is 2.73. The molecule has 1 aliphatic rings. The molecule has 1 aliphatic heterocycles. The summed E-state index contributed by atoms with van der Waals surface area (Å²) >= 11 is 0. The van der Waals surface area contributed by atoms with Gasteiger partial charge in [-0.2, -0.15) is 0 Å². The van der Waals surface area contributed by atoms with Gasteiger partial charge in [0, 0.05) is 37.8 Å². The number of piperazine rings is 1. The van der Waals surface area contributed by atoms with Crippen LogP contribution >= 0.6 is 0 Å². The molecule has 0 unspecified atom stereocenters. The highest BCUT2D eigenvalue weighted by Crippen LogP contribution is 2.34. The van der Waals surface area contributed by atoms with Crippen molar-refractivity contribution in [1.82, 2.24) is 10.2 Å². The molecule has 0 radical (unpaired) electrons. The molecule has 106 valence electrons. The third kappa shape index (κ3) is 3.39. The third-order valence-electron chi connectivity index (χ3n) is 3.75. The fourth-order valence-electron chi connectivity index (χ4n) is 2.73. The van der Waals surface area contributed by atoms with Gasteiger partial charge >= 0.3 is 0 Å². The summed E-state index contributed by atoms with van der Waals surface area (Å²) in [5.41, 5.74) is 0.989. The van der Waals surface area contributed by atoms with Gasteiger partial charge in [0.25, 0.3) is 0 Å². The number of ether oxygens (including phenoxy) is 1. The molecule has 0 aliphatic carbocycles. The quantitative estimate of drug-likeness (QED) is 0.855. The predicted octanol–water partition coefficient (Wildman–Crippen LogP) is 2.15. The van der Waals surface area contributed by atoms with Gasteiger partial charge in [-0.25, -0.2) is 0 Å². The first kappa shape index (κ1) is 14.2. The smallest absolute Gasteiger partial charge is 0.120 e. The first-order chi connectivity index (χ1) is 9.26. The van der Waals surface area contributed by atoms with Gasteiger partial charge in [-0.3, -0.25) is 4.90 Å². The van der Waals surface area contributed by atoms with Crippen molar-refractivity contribution in [3.63, 3.8) is 0 Å². The van der Waals surface area contributed by atoms with Crippen molar-refractivity contribution in [3.05, 3.63) is 23.8 Å². The Bertz CT molecular complexity index is 403. The number of phenolic OH excluding ortho intramolecular Hbond substituents is 1. The number of methoxy groups -OCH3 is 1. The van der Waals surface area contributed by atoms with Crippen molar-refractivity contribution in [1.29, 1.82) is 0 Å². The molecule has 0 aromatic heterocycles. The largest absolute Gasteiger partial charge is 0.508 e. The molecule has 1 saturated heterocycles. The summed E-state index contributed by atoms with van der Waals surface area (Å²) in [7, 11) is 1.66. The Kier molecular flexibility index (Phi) is 5.05. The van der Waals surface area contributed by atoms with E-state index in [0.29, 0.717) is 5.75 Å². The van der Waals surface area contributed by atoms with Crippen molar-refractivity contribution >= 4 is 0 Å². The van der Waals surface area contributed by atoms with Crippen LogP contribution in [-0.4, -0.2) is 43.3 Å². The van der Waals surface area contributed by atoms with Crippen molar-refractivity contribution in [3.8, 4) is 11.5 Å². The molecule has 0 spiro atoms. The van der Waals surface area contributed by atoms with E-state index in [2.05, 4.69) is 17.1 Å². The zero-order chi connectivity index (χ0) is 13.7. The lowest BCUT2D eigenvalue weighted by atomic mass is 9.98. The Morgan fingerprint density at radius 3 is 2.74 bits per heavy atom. The van der Waals surface area contributed by atoms with Crippen molar-refractivity contribution in [2.45, 2.75) is 25.8 Å². The number of nitrogens with zero attached hydrogens (tertiary/aromatic N) is 1. The fraction of sp³-hybridized carbons (Fsp3) is 0.600. The van der Waals surface area contributed by atoms with Gasteiger partial charge in [0.1, 0.15) is 11.5 Å². The SMILES string of the molecule is CCC[C@H](c1cc(OC)ccc1O)N1CCNCC1. The van der Waals surface area contributed by atoms with E-state index in [1.807, 2.05) is 6.07 Å². The van der Waals surface area contributed by atoms with Gasteiger partial charge in [0.15, 0.2) is 0 Å². The zero-order valence-corrected chi connectivity index (χ0v) is 11.9. The summed E-state index contributed by atoms with van der Waals surface area (Å²) in [5, 5.41) is 13.5. The number of benzene rings is 1. The van der Waals surface area contributed by atoms with Crippen molar-refractivity contribution in [2.24, 2.45) is 0 Å². The van der Waals surface area contributed by atoms with E-state index in [1.165, 1.54) is 0 Å². The lowest BCUT2D eigenvalue weighted by Gasteiger charge is -2.35. The van der Waals surface area contributed by atoms with E-state index in [9.17, 15) is 5.11 Å². The summed E-state index contributed by atoms with van der Waals surface area (Å²) in [5.74, 6) is 1.18. The first-order valence-corrected chi connectivity index (χ1v) is 7.08. The Morgan fingerprint density at radius 1 is 1.37 bits per heavy atom. The van der Waals surface area contributed by atoms with Crippen LogP contribution in [0, 0.1) is 0 Å². The van der Waals surface area contributed by atoms with Crippen LogP contribution in [0.2, 0.25) is 0 Å². The topological polar surface area (TPSA) is 44.7 Å². The Morgan fingerprint density at radius 2 is 2.11 bits per heavy atom. The van der Waals surface area contributed by atoms with Crippen LogP contribution in [-0.2, 0) is 0 Å². The molecule has 1 aromatic rings. The van der Waals surface area contributed by atoms with Crippen LogP contribution in [0.1, 0.15) is 31.4 Å². The van der Waals surface area contributed by atoms with Gasteiger partial charge in [-0.05, 0) is 24.6 Å². The molecule has 0 bridgehead atoms. The van der Waals surface area contributed by atoms with Crippen LogP contribution in [0.5, 0.6) is 11.5 Å². The maximum absolute atomic E-state index is 10.2. The predicted molar refractivity (Wildman–Crippen MR) is 76.8 cm³/mol. The normalized spacial score (nSPS) is 18.2. The summed E-state index contributed by atoms with van der Waals surface area (Å²) in [6.07, 6.45) is 2.16. The average Bonchev–Trinajstić information content (AvgIpc) is 2.47. The van der Waals surface area contributed by atoms with E-state index in [4.69, 9.17) is 4.74 Å². The molecular weight excluding hydrogens is 240 g/mol. The third-order valence-corrected chi connectivity index (χ3v) is 3.75. The van der Waals surface area contributed by atoms with Gasteiger partial charge in [-0.15, -0.1) is 0 Å². The molecule has 2 rings (SSSR count). The minimum Gasteiger partial charge on any atom is -0.508 e. The van der Waals surface area contributed by atoms with E-state index < -0.39 is 0 Å². The van der Waals surface area contributed by atoms with Crippen LogP contribution in [0.15, 0.2) is 18.2 Å². The second kappa shape index (κ2) is 6.78. The number of aromatic hydroxyl groups is 1. The molecular formula is C15H24N2O2. The Balaban J connectivity index is 2.26. The summed E-state index contributed by atoms with van der Waals surface area (Å²) in [6.45, 7) is 6.28. The Hall–Kier alpha value is -1.26.